The SMILES string of the molecule is CC(=O)CCC(=O)OCC(O)[N-]C(=O)C[N-]C(=O)C[N-]C(=O)C[S-].[O]=[Tc+4]. The number of ether oxygens (including phenoxy) is 1. The average Bonchev–Trinajstić information content (AvgIpc) is 2.62. The van der Waals surface area contributed by atoms with E-state index in [1.54, 1.807) is 0 Å². The number of carbonyl (C=O) groups is 5. The van der Waals surface area contributed by atoms with Crippen LogP contribution in [0.15, 0.2) is 0 Å². The van der Waals surface area contributed by atoms with Gasteiger partial charge in [-0.25, -0.2) is 0 Å². The molecule has 1 unspecified atom stereocenters. The first-order valence-electron chi connectivity index (χ1n) is 6.95. The number of ketones is 1. The van der Waals surface area contributed by atoms with E-state index in [1.165, 1.54) is 6.92 Å². The van der Waals surface area contributed by atoms with E-state index in [0.29, 0.717) is 0 Å². The van der Waals surface area contributed by atoms with Crippen LogP contribution in [0.25, 0.3) is 16.0 Å². The number of aliphatic hydroxyl groups excluding tert-OH is 1. The summed E-state index contributed by atoms with van der Waals surface area (Å²) in [5, 5.41) is 19.2. The van der Waals surface area contributed by atoms with Gasteiger partial charge in [0.1, 0.15) is 12.4 Å². The molecule has 26 heavy (non-hydrogen) atoms. The molecule has 0 saturated heterocycles. The van der Waals surface area contributed by atoms with Crippen LogP contribution in [0.1, 0.15) is 19.8 Å². The Hall–Kier alpha value is -1.69. The molecule has 3 amide bonds. The maximum absolute atomic E-state index is 11.3. The molecule has 13 heteroatoms. The van der Waals surface area contributed by atoms with Crippen molar-refractivity contribution in [2.75, 3.05) is 25.4 Å². The molecule has 1 N–H and O–H groups in total. The number of nitrogens with zero attached hydrogens (tertiary/aromatic N) is 3. The molecule has 145 valence electrons. The van der Waals surface area contributed by atoms with Gasteiger partial charge in [-0.1, -0.05) is 13.1 Å². The van der Waals surface area contributed by atoms with Gasteiger partial charge < -0.3 is 57.6 Å². The van der Waals surface area contributed by atoms with Crippen molar-refractivity contribution in [2.45, 2.75) is 26.0 Å². The molecular weight excluding hydrogens is 456 g/mol. The normalized spacial score (nSPS) is 10.5. The molecule has 1 atom stereocenters. The summed E-state index contributed by atoms with van der Waals surface area (Å²) in [6.45, 7) is -0.384. The number of hydrogen-bond donors (Lipinski definition) is 1. The van der Waals surface area contributed by atoms with Gasteiger partial charge in [-0.05, 0) is 6.92 Å². The van der Waals surface area contributed by atoms with E-state index < -0.39 is 49.6 Å². The van der Waals surface area contributed by atoms with Gasteiger partial charge >= 0.3 is 28.3 Å². The van der Waals surface area contributed by atoms with Crippen molar-refractivity contribution in [3.63, 3.8) is 0 Å². The van der Waals surface area contributed by atoms with Gasteiger partial charge in [-0.3, -0.25) is 4.79 Å². The third-order valence-corrected chi connectivity index (χ3v) is 2.52. The Bertz CT molecular complexity index is 506. The topological polar surface area (TPSA) is 174 Å². The van der Waals surface area contributed by atoms with E-state index in [0.717, 1.165) is 18.9 Å². The molecule has 0 aromatic carbocycles. The van der Waals surface area contributed by atoms with E-state index in [9.17, 15) is 29.1 Å². The van der Waals surface area contributed by atoms with Gasteiger partial charge in [0.2, 0.25) is 0 Å². The molecule has 11 nitrogen and oxygen atoms in total. The van der Waals surface area contributed by atoms with Crippen LogP contribution >= 0.6 is 0 Å². The summed E-state index contributed by atoms with van der Waals surface area (Å²) in [6, 6.07) is 0. The summed E-state index contributed by atoms with van der Waals surface area (Å²) >= 11 is 5.32. The van der Waals surface area contributed by atoms with Crippen LogP contribution in [0, 0.1) is 0 Å². The van der Waals surface area contributed by atoms with Crippen molar-refractivity contribution >= 4 is 42.1 Å². The van der Waals surface area contributed by atoms with Crippen molar-refractivity contribution in [2.24, 2.45) is 0 Å². The van der Waals surface area contributed by atoms with Crippen LogP contribution in [0.3, 0.4) is 0 Å². The second-order valence-corrected chi connectivity index (χ2v) is 4.74. The zero-order chi connectivity index (χ0) is 20.5. The van der Waals surface area contributed by atoms with E-state index in [4.69, 9.17) is 3.50 Å². The van der Waals surface area contributed by atoms with Crippen LogP contribution in [0.4, 0.5) is 0 Å². The third kappa shape index (κ3) is 17.1. The first kappa shape index (κ1) is 26.5. The fourth-order valence-electron chi connectivity index (χ4n) is 1.17. The molecule has 0 aliphatic carbocycles. The molecule has 0 fully saturated rings. The van der Waals surface area contributed by atoms with Gasteiger partial charge in [-0.2, -0.15) is 0 Å². The van der Waals surface area contributed by atoms with E-state index in [1.807, 2.05) is 0 Å². The predicted molar refractivity (Wildman–Crippen MR) is 84.6 cm³/mol. The molecule has 0 aliphatic heterocycles. The quantitative estimate of drug-likeness (QED) is 0.302. The molecule has 0 saturated carbocycles. The molecule has 0 rings (SSSR count). The predicted octanol–water partition coefficient (Wildman–Crippen LogP) is -0.656. The summed E-state index contributed by atoms with van der Waals surface area (Å²) in [5.41, 5.74) is 0. The molecule has 0 aliphatic rings. The Morgan fingerprint density at radius 1 is 1.00 bits per heavy atom. The number of hydrogen-bond acceptors (Lipinski definition) is 9. The zero-order valence-corrected chi connectivity index (χ0v) is 16.4. The van der Waals surface area contributed by atoms with Gasteiger partial charge in [0, 0.05) is 30.4 Å². The minimum atomic E-state index is -1.60. The van der Waals surface area contributed by atoms with Gasteiger partial charge in [0.05, 0.1) is 6.42 Å². The van der Waals surface area contributed by atoms with Gasteiger partial charge in [0.25, 0.3) is 0 Å². The summed E-state index contributed by atoms with van der Waals surface area (Å²) in [7, 11) is 0. The van der Waals surface area contributed by atoms with Crippen LogP contribution in [0.5, 0.6) is 0 Å². The summed E-state index contributed by atoms with van der Waals surface area (Å²) < 4.78 is 12.8. The van der Waals surface area contributed by atoms with Crippen molar-refractivity contribution in [3.8, 4) is 0 Å². The molecule has 0 spiro atoms. The number of amides is 3. The Morgan fingerprint density at radius 3 is 2.08 bits per heavy atom. The van der Waals surface area contributed by atoms with Crippen LogP contribution < -0.4 is 0 Å². The molecule has 0 aromatic heterocycles. The maximum atomic E-state index is 11.3. The number of esters is 1. The van der Waals surface area contributed by atoms with Crippen molar-refractivity contribution in [1.29, 1.82) is 0 Å². The van der Waals surface area contributed by atoms with Crippen LogP contribution in [-0.4, -0.2) is 66.3 Å². The number of Topliss-reactive ketones (excluding diaryl/α,β-unsaturated/α-hetero) is 1. The van der Waals surface area contributed by atoms with E-state index in [-0.39, 0.29) is 24.4 Å². The molecular formula is C13H17N3O8STc. The van der Waals surface area contributed by atoms with Crippen molar-refractivity contribution in [3.05, 3.63) is 16.0 Å². The molecule has 0 aromatic rings. The standard InChI is InChI=1S/C13H21N3O7S.O.Tc/c1-8(17)2-3-13(22)23-6-11(20)16-10(19)5-14-9(18)4-15-12(21)7-24;;/h11,20H,2-7H2,1H3,(H4,14,15,16,18,19,21,24);;/q;;+4/p-4. The minimum absolute atomic E-state index is 0.0189. The van der Waals surface area contributed by atoms with Crippen LogP contribution in [-0.2, 0) is 63.7 Å². The van der Waals surface area contributed by atoms with E-state index in [2.05, 4.69) is 33.3 Å². The monoisotopic (exact) mass is 472 g/mol. The van der Waals surface area contributed by atoms with Gasteiger partial charge in [0.15, 0.2) is 0 Å². The Balaban J connectivity index is 0. The first-order chi connectivity index (χ1) is 12.2. The summed E-state index contributed by atoms with van der Waals surface area (Å²) in [4.78, 5) is 55.2. The Kier molecular flexibility index (Phi) is 17.1. The molecule has 0 heterocycles. The molecule has 0 radical (unpaired) electrons. The van der Waals surface area contributed by atoms with Crippen LogP contribution in [0.2, 0.25) is 0 Å². The number of aliphatic hydroxyl groups is 1. The summed E-state index contributed by atoms with van der Waals surface area (Å²) in [6.07, 6.45) is -1.72. The first-order valence-corrected chi connectivity index (χ1v) is 8.29. The molecule has 0 bridgehead atoms. The van der Waals surface area contributed by atoms with Crippen molar-refractivity contribution < 1.29 is 56.2 Å². The Labute approximate surface area is 165 Å². The third-order valence-electron chi connectivity index (χ3n) is 2.27. The second kappa shape index (κ2) is 16.8. The fraction of sp³-hybridized carbons (Fsp3) is 0.615. The number of carbonyl (C=O) groups excluding carboxylic acids is 5. The van der Waals surface area contributed by atoms with E-state index >= 15 is 0 Å². The average molecular weight is 473 g/mol. The van der Waals surface area contributed by atoms with Crippen molar-refractivity contribution in [1.82, 2.24) is 0 Å². The summed E-state index contributed by atoms with van der Waals surface area (Å²) in [5.74, 6) is -3.49. The fourth-order valence-corrected chi connectivity index (χ4v) is 1.26. The zero-order valence-electron chi connectivity index (χ0n) is 13.8. The second-order valence-electron chi connectivity index (χ2n) is 4.45. The van der Waals surface area contributed by atoms with Gasteiger partial charge in [-0.15, -0.1) is 5.75 Å². The number of rotatable bonds is 11. The Morgan fingerprint density at radius 2 is 1.54 bits per heavy atom.